The molecular formula is C29H32O7. The molecule has 7 heteroatoms. The second-order valence-electron chi connectivity index (χ2n) is 8.65. The first-order valence-electron chi connectivity index (χ1n) is 12.0. The van der Waals surface area contributed by atoms with Crippen LogP contribution in [-0.4, -0.2) is 48.4 Å². The van der Waals surface area contributed by atoms with Gasteiger partial charge in [-0.15, -0.1) is 0 Å². The first-order valence-corrected chi connectivity index (χ1v) is 12.0. The van der Waals surface area contributed by atoms with E-state index in [0.29, 0.717) is 0 Å². The summed E-state index contributed by atoms with van der Waals surface area (Å²) < 4.78 is 29.9. The highest BCUT2D eigenvalue weighted by Crippen LogP contribution is 2.30. The third-order valence-electron chi connectivity index (χ3n) is 5.92. The van der Waals surface area contributed by atoms with Gasteiger partial charge in [-0.1, -0.05) is 91.0 Å². The molecule has 3 aromatic rings. The van der Waals surface area contributed by atoms with Gasteiger partial charge in [0.05, 0.1) is 19.8 Å². The number of ether oxygens (including phenoxy) is 5. The number of aliphatic hydroxyl groups excluding tert-OH is 1. The lowest BCUT2D eigenvalue weighted by Gasteiger charge is -2.44. The Bertz CT molecular complexity index is 1040. The Hall–Kier alpha value is -3.07. The molecule has 1 saturated heterocycles. The number of carbonyl (C=O) groups excluding carboxylic acids is 1. The zero-order valence-corrected chi connectivity index (χ0v) is 20.3. The van der Waals surface area contributed by atoms with E-state index in [9.17, 15) is 9.90 Å². The molecule has 1 heterocycles. The van der Waals surface area contributed by atoms with Gasteiger partial charge < -0.3 is 28.8 Å². The van der Waals surface area contributed by atoms with E-state index in [4.69, 9.17) is 23.7 Å². The Kier molecular flexibility index (Phi) is 9.61. The molecule has 36 heavy (non-hydrogen) atoms. The average molecular weight is 493 g/mol. The smallest absolute Gasteiger partial charge is 0.302 e. The summed E-state index contributed by atoms with van der Waals surface area (Å²) in [6, 6.07) is 29.2. The highest BCUT2D eigenvalue weighted by molar-refractivity contribution is 5.65. The summed E-state index contributed by atoms with van der Waals surface area (Å²) in [6.45, 7) is 2.08. The van der Waals surface area contributed by atoms with E-state index in [2.05, 4.69) is 0 Å². The number of benzene rings is 3. The number of hydrogen-bond donors (Lipinski definition) is 1. The molecule has 4 rings (SSSR count). The highest BCUT2D eigenvalue weighted by atomic mass is 16.7. The normalized spacial score (nSPS) is 23.8. The van der Waals surface area contributed by atoms with Crippen LogP contribution in [0.25, 0.3) is 0 Å². The van der Waals surface area contributed by atoms with Crippen molar-refractivity contribution in [3.63, 3.8) is 0 Å². The molecule has 0 spiro atoms. The zero-order valence-electron chi connectivity index (χ0n) is 20.3. The van der Waals surface area contributed by atoms with Crippen molar-refractivity contribution < 1.29 is 33.6 Å². The van der Waals surface area contributed by atoms with Crippen LogP contribution in [0.4, 0.5) is 0 Å². The van der Waals surface area contributed by atoms with Crippen LogP contribution in [0.2, 0.25) is 0 Å². The van der Waals surface area contributed by atoms with Crippen LogP contribution in [-0.2, 0) is 48.3 Å². The van der Waals surface area contributed by atoms with Gasteiger partial charge in [0.2, 0.25) is 0 Å². The quantitative estimate of drug-likeness (QED) is 0.405. The molecule has 190 valence electrons. The first-order chi connectivity index (χ1) is 17.6. The van der Waals surface area contributed by atoms with Crippen molar-refractivity contribution in [3.8, 4) is 0 Å². The maximum atomic E-state index is 11.5. The van der Waals surface area contributed by atoms with Crippen LogP contribution in [0.1, 0.15) is 23.6 Å². The molecule has 7 nitrogen and oxygen atoms in total. The highest BCUT2D eigenvalue weighted by Gasteiger charge is 2.48. The lowest BCUT2D eigenvalue weighted by Crippen LogP contribution is -2.61. The van der Waals surface area contributed by atoms with Crippen LogP contribution in [0.15, 0.2) is 91.0 Å². The fourth-order valence-corrected chi connectivity index (χ4v) is 4.10. The van der Waals surface area contributed by atoms with E-state index < -0.39 is 36.7 Å². The van der Waals surface area contributed by atoms with Crippen molar-refractivity contribution in [3.05, 3.63) is 108 Å². The average Bonchev–Trinajstić information content (AvgIpc) is 2.91. The second-order valence-corrected chi connectivity index (χ2v) is 8.65. The van der Waals surface area contributed by atoms with Gasteiger partial charge in [-0.25, -0.2) is 0 Å². The Labute approximate surface area is 211 Å². The van der Waals surface area contributed by atoms with Crippen LogP contribution in [0, 0.1) is 0 Å². The van der Waals surface area contributed by atoms with Gasteiger partial charge in [-0.2, -0.15) is 0 Å². The zero-order chi connectivity index (χ0) is 25.2. The van der Waals surface area contributed by atoms with Crippen LogP contribution < -0.4 is 0 Å². The molecule has 0 radical (unpaired) electrons. The van der Waals surface area contributed by atoms with E-state index in [0.717, 1.165) is 16.7 Å². The maximum absolute atomic E-state index is 11.5. The van der Waals surface area contributed by atoms with Crippen molar-refractivity contribution in [2.75, 3.05) is 6.61 Å². The molecule has 1 aliphatic rings. The van der Waals surface area contributed by atoms with Crippen molar-refractivity contribution >= 4 is 5.97 Å². The molecule has 3 aromatic carbocycles. The third kappa shape index (κ3) is 7.46. The molecule has 0 amide bonds. The molecule has 1 N–H and O–H groups in total. The lowest BCUT2D eigenvalue weighted by molar-refractivity contribution is -0.315. The SMILES string of the molecule is CC(=O)OC[C@@H]1OC(O)[C@@H](OCc2ccccc2)[C@@H](OCc2ccccc2)[C@@H]1OCc1ccccc1. The number of carbonyl (C=O) groups is 1. The minimum atomic E-state index is -1.30. The lowest BCUT2D eigenvalue weighted by atomic mass is 9.98. The molecule has 0 saturated carbocycles. The summed E-state index contributed by atoms with van der Waals surface area (Å²) in [6.07, 6.45) is -4.24. The molecule has 0 aliphatic carbocycles. The number of rotatable bonds is 11. The second kappa shape index (κ2) is 13.3. The van der Waals surface area contributed by atoms with E-state index in [-0.39, 0.29) is 26.4 Å². The van der Waals surface area contributed by atoms with Gasteiger partial charge in [0.25, 0.3) is 0 Å². The fourth-order valence-electron chi connectivity index (χ4n) is 4.10. The van der Waals surface area contributed by atoms with Crippen molar-refractivity contribution in [2.45, 2.75) is 57.5 Å². The maximum Gasteiger partial charge on any atom is 0.302 e. The van der Waals surface area contributed by atoms with Gasteiger partial charge in [0.15, 0.2) is 6.29 Å². The Morgan fingerprint density at radius 2 is 1.11 bits per heavy atom. The minimum absolute atomic E-state index is 0.0809. The molecule has 1 aliphatic heterocycles. The molecule has 5 atom stereocenters. The van der Waals surface area contributed by atoms with Crippen molar-refractivity contribution in [1.29, 1.82) is 0 Å². The monoisotopic (exact) mass is 492 g/mol. The van der Waals surface area contributed by atoms with Gasteiger partial charge in [-0.3, -0.25) is 4.79 Å². The molecule has 1 fully saturated rings. The summed E-state index contributed by atoms with van der Waals surface area (Å²) in [4.78, 5) is 11.5. The topological polar surface area (TPSA) is 83.5 Å². The molecule has 0 bridgehead atoms. The van der Waals surface area contributed by atoms with Crippen molar-refractivity contribution in [2.24, 2.45) is 0 Å². The van der Waals surface area contributed by atoms with Gasteiger partial charge in [0, 0.05) is 6.92 Å². The van der Waals surface area contributed by atoms with E-state index in [1.165, 1.54) is 6.92 Å². The van der Waals surface area contributed by atoms with E-state index >= 15 is 0 Å². The third-order valence-corrected chi connectivity index (χ3v) is 5.92. The van der Waals surface area contributed by atoms with Crippen LogP contribution in [0.5, 0.6) is 0 Å². The van der Waals surface area contributed by atoms with E-state index in [1.807, 2.05) is 91.0 Å². The van der Waals surface area contributed by atoms with Crippen LogP contribution in [0.3, 0.4) is 0 Å². The number of esters is 1. The standard InChI is InChI=1S/C29H32O7/c1-21(30)32-20-25-26(33-17-22-11-5-2-6-12-22)27(34-18-23-13-7-3-8-14-23)28(29(31)36-25)35-19-24-15-9-4-10-16-24/h2-16,25-29,31H,17-20H2,1H3/t25-,26+,27-,28-,29?/m0/s1. The summed E-state index contributed by atoms with van der Waals surface area (Å²) in [5.41, 5.74) is 2.90. The largest absolute Gasteiger partial charge is 0.463 e. The minimum Gasteiger partial charge on any atom is -0.463 e. The Morgan fingerprint density at radius 3 is 1.56 bits per heavy atom. The number of hydrogen-bond acceptors (Lipinski definition) is 7. The summed E-state index contributed by atoms with van der Waals surface area (Å²) >= 11 is 0. The predicted molar refractivity (Wildman–Crippen MR) is 133 cm³/mol. The van der Waals surface area contributed by atoms with Gasteiger partial charge in [0.1, 0.15) is 31.0 Å². The molecule has 1 unspecified atom stereocenters. The van der Waals surface area contributed by atoms with Gasteiger partial charge in [-0.05, 0) is 16.7 Å². The number of aliphatic hydroxyl groups is 1. The van der Waals surface area contributed by atoms with Crippen LogP contribution >= 0.6 is 0 Å². The summed E-state index contributed by atoms with van der Waals surface area (Å²) in [7, 11) is 0. The Morgan fingerprint density at radius 1 is 0.694 bits per heavy atom. The first kappa shape index (κ1) is 26.0. The fraction of sp³-hybridized carbons (Fsp3) is 0.345. The Balaban J connectivity index is 1.57. The van der Waals surface area contributed by atoms with Gasteiger partial charge >= 0.3 is 5.97 Å². The predicted octanol–water partition coefficient (Wildman–Crippen LogP) is 4.02. The van der Waals surface area contributed by atoms with E-state index in [1.54, 1.807) is 0 Å². The summed E-state index contributed by atoms with van der Waals surface area (Å²) in [5, 5.41) is 10.9. The molecular weight excluding hydrogens is 460 g/mol. The molecule has 0 aromatic heterocycles. The van der Waals surface area contributed by atoms with Crippen molar-refractivity contribution in [1.82, 2.24) is 0 Å². The summed E-state index contributed by atoms with van der Waals surface area (Å²) in [5.74, 6) is -0.445.